The Bertz CT molecular complexity index is 907. The molecule has 0 radical (unpaired) electrons. The van der Waals surface area contributed by atoms with Gasteiger partial charge in [-0.25, -0.2) is 4.39 Å². The minimum Gasteiger partial charge on any atom is -0.439 e. The molecule has 2 N–H and O–H groups in total. The molecule has 5 heteroatoms. The van der Waals surface area contributed by atoms with Crippen molar-refractivity contribution in [3.63, 3.8) is 0 Å². The van der Waals surface area contributed by atoms with Crippen molar-refractivity contribution in [3.05, 3.63) is 77.2 Å². The summed E-state index contributed by atoms with van der Waals surface area (Å²) < 4.78 is 21.4. The number of anilines is 1. The Balaban J connectivity index is 2.00. The van der Waals surface area contributed by atoms with Crippen LogP contribution in [0.5, 0.6) is 11.6 Å². The van der Waals surface area contributed by atoms with Gasteiger partial charge in [0.15, 0.2) is 0 Å². The van der Waals surface area contributed by atoms with E-state index in [1.54, 1.807) is 22.8 Å². The highest BCUT2D eigenvalue weighted by Gasteiger charge is 2.17. The monoisotopic (exact) mass is 321 g/mol. The van der Waals surface area contributed by atoms with E-state index < -0.39 is 0 Å². The Kier molecular flexibility index (Phi) is 4.21. The Labute approximate surface area is 139 Å². The average Bonchev–Trinajstić information content (AvgIpc) is 2.87. The molecule has 1 aromatic heterocycles. The van der Waals surface area contributed by atoms with Crippen LogP contribution in [-0.2, 0) is 6.54 Å². The van der Waals surface area contributed by atoms with E-state index in [0.717, 1.165) is 5.56 Å². The van der Waals surface area contributed by atoms with Crippen LogP contribution in [0.1, 0.15) is 16.8 Å². The molecule has 3 rings (SSSR count). The minimum absolute atomic E-state index is 0.161. The molecule has 0 unspecified atom stereocenters. The Morgan fingerprint density at radius 3 is 2.54 bits per heavy atom. The molecule has 0 bridgehead atoms. The maximum absolute atomic E-state index is 14.0. The van der Waals surface area contributed by atoms with Crippen molar-refractivity contribution in [2.24, 2.45) is 0 Å². The predicted octanol–water partition coefficient (Wildman–Crippen LogP) is 4.23. The van der Waals surface area contributed by atoms with Crippen LogP contribution in [0.25, 0.3) is 0 Å². The van der Waals surface area contributed by atoms with Crippen LogP contribution in [0.3, 0.4) is 0 Å². The summed E-state index contributed by atoms with van der Waals surface area (Å²) in [6, 6.07) is 17.5. The van der Waals surface area contributed by atoms with Crippen LogP contribution in [0, 0.1) is 24.1 Å². The lowest BCUT2D eigenvalue weighted by molar-refractivity contribution is 0.435. The second-order valence-electron chi connectivity index (χ2n) is 5.49. The highest BCUT2D eigenvalue weighted by molar-refractivity contribution is 5.56. The zero-order valence-corrected chi connectivity index (χ0v) is 13.2. The van der Waals surface area contributed by atoms with Gasteiger partial charge in [-0.05, 0) is 25.1 Å². The molecular weight excluding hydrogens is 305 g/mol. The van der Waals surface area contributed by atoms with E-state index in [2.05, 4.69) is 6.07 Å². The lowest BCUT2D eigenvalue weighted by Gasteiger charge is -2.13. The molecule has 24 heavy (non-hydrogen) atoms. The molecule has 0 atom stereocenters. The first-order chi connectivity index (χ1) is 11.6. The lowest BCUT2D eigenvalue weighted by Crippen LogP contribution is -2.06. The van der Waals surface area contributed by atoms with E-state index in [1.807, 2.05) is 31.2 Å². The smallest absolute Gasteiger partial charge is 0.224 e. The number of hydrogen-bond donors (Lipinski definition) is 1. The number of aromatic nitrogens is 1. The molecule has 0 saturated heterocycles. The van der Waals surface area contributed by atoms with Crippen LogP contribution in [0.2, 0.25) is 0 Å². The van der Waals surface area contributed by atoms with Crippen LogP contribution in [0.4, 0.5) is 10.1 Å². The van der Waals surface area contributed by atoms with Crippen LogP contribution < -0.4 is 10.5 Å². The molecule has 120 valence electrons. The number of nitrogens with zero attached hydrogens (tertiary/aromatic N) is 2. The van der Waals surface area contributed by atoms with Crippen molar-refractivity contribution in [3.8, 4) is 17.7 Å². The first kappa shape index (κ1) is 15.6. The van der Waals surface area contributed by atoms with Crippen molar-refractivity contribution >= 4 is 5.69 Å². The summed E-state index contributed by atoms with van der Waals surface area (Å²) in [5, 5.41) is 9.33. The fourth-order valence-corrected chi connectivity index (χ4v) is 2.43. The number of hydrogen-bond acceptors (Lipinski definition) is 3. The third-order valence-electron chi connectivity index (χ3n) is 3.71. The second kappa shape index (κ2) is 6.47. The number of nitrogens with two attached hydrogens (primary N) is 1. The van der Waals surface area contributed by atoms with Gasteiger partial charge in [0, 0.05) is 11.6 Å². The Morgan fingerprint density at radius 2 is 1.88 bits per heavy atom. The van der Waals surface area contributed by atoms with Gasteiger partial charge >= 0.3 is 0 Å². The van der Waals surface area contributed by atoms with E-state index in [0.29, 0.717) is 28.6 Å². The van der Waals surface area contributed by atoms with Gasteiger partial charge in [-0.2, -0.15) is 5.26 Å². The largest absolute Gasteiger partial charge is 0.439 e. The summed E-state index contributed by atoms with van der Waals surface area (Å²) in [6.45, 7) is 2.14. The van der Waals surface area contributed by atoms with Gasteiger partial charge in [-0.15, -0.1) is 0 Å². The van der Waals surface area contributed by atoms with Crippen LogP contribution in [0.15, 0.2) is 54.6 Å². The maximum atomic E-state index is 14.0. The highest BCUT2D eigenvalue weighted by atomic mass is 19.1. The summed E-state index contributed by atoms with van der Waals surface area (Å²) >= 11 is 0. The van der Waals surface area contributed by atoms with Gasteiger partial charge in [0.25, 0.3) is 0 Å². The van der Waals surface area contributed by atoms with Crippen LogP contribution in [-0.4, -0.2) is 4.57 Å². The Morgan fingerprint density at radius 1 is 1.17 bits per heavy atom. The predicted molar refractivity (Wildman–Crippen MR) is 90.3 cm³/mol. The number of nitriles is 1. The zero-order valence-electron chi connectivity index (χ0n) is 13.2. The molecule has 0 aliphatic carbocycles. The van der Waals surface area contributed by atoms with E-state index in [9.17, 15) is 9.65 Å². The summed E-state index contributed by atoms with van der Waals surface area (Å²) in [6.07, 6.45) is 0. The number of aryl methyl sites for hydroxylation is 1. The lowest BCUT2D eigenvalue weighted by atomic mass is 10.2. The molecular formula is C19H16FN3O. The maximum Gasteiger partial charge on any atom is 0.224 e. The van der Waals surface area contributed by atoms with E-state index >= 15 is 0 Å². The van der Waals surface area contributed by atoms with Gasteiger partial charge in [-0.1, -0.05) is 35.9 Å². The van der Waals surface area contributed by atoms with Gasteiger partial charge in [0.2, 0.25) is 5.88 Å². The number of nitrogen functional groups attached to an aromatic ring is 1. The third kappa shape index (κ3) is 3.08. The summed E-state index contributed by atoms with van der Waals surface area (Å²) in [5.41, 5.74) is 8.21. The topological polar surface area (TPSA) is 64.0 Å². The molecule has 0 saturated carbocycles. The SMILES string of the molecule is Cc1ccc(Oc2c(N)cc(C#N)n2Cc2ccccc2F)cc1. The molecule has 2 aromatic carbocycles. The van der Waals surface area contributed by atoms with Crippen LogP contribution >= 0.6 is 0 Å². The van der Waals surface area contributed by atoms with Gasteiger partial charge in [0.1, 0.15) is 23.3 Å². The quantitative estimate of drug-likeness (QED) is 0.782. The first-order valence-corrected chi connectivity index (χ1v) is 7.45. The van der Waals surface area contributed by atoms with Crippen molar-refractivity contribution in [1.29, 1.82) is 5.26 Å². The zero-order chi connectivity index (χ0) is 17.1. The first-order valence-electron chi connectivity index (χ1n) is 7.45. The average molecular weight is 321 g/mol. The number of rotatable bonds is 4. The van der Waals surface area contributed by atoms with Gasteiger partial charge in [-0.3, -0.25) is 4.57 Å². The molecule has 4 nitrogen and oxygen atoms in total. The molecule has 1 heterocycles. The fraction of sp³-hybridized carbons (Fsp3) is 0.105. The summed E-state index contributed by atoms with van der Waals surface area (Å²) in [7, 11) is 0. The second-order valence-corrected chi connectivity index (χ2v) is 5.49. The third-order valence-corrected chi connectivity index (χ3v) is 3.71. The van der Waals surface area contributed by atoms with E-state index in [4.69, 9.17) is 10.5 Å². The van der Waals surface area contributed by atoms with E-state index in [1.165, 1.54) is 12.1 Å². The van der Waals surface area contributed by atoms with E-state index in [-0.39, 0.29) is 12.4 Å². The minimum atomic E-state index is -0.338. The molecule has 0 aliphatic rings. The van der Waals surface area contributed by atoms with Gasteiger partial charge < -0.3 is 10.5 Å². The Hall–Kier alpha value is -3.26. The molecule has 0 amide bonds. The molecule has 3 aromatic rings. The number of halogens is 1. The normalized spacial score (nSPS) is 10.4. The summed E-state index contributed by atoms with van der Waals surface area (Å²) in [4.78, 5) is 0. The fourth-order valence-electron chi connectivity index (χ4n) is 2.43. The van der Waals surface area contributed by atoms with Crippen molar-refractivity contribution in [2.75, 3.05) is 5.73 Å². The number of benzene rings is 2. The molecule has 0 aliphatic heterocycles. The molecule has 0 fully saturated rings. The standard InChI is InChI=1S/C19H16FN3O/c1-13-6-8-16(9-7-13)24-19-18(22)10-15(11-21)23(19)12-14-4-2-3-5-17(14)20/h2-10H,12,22H2,1H3. The van der Waals surface area contributed by atoms with Crippen molar-refractivity contribution < 1.29 is 9.13 Å². The van der Waals surface area contributed by atoms with Crippen molar-refractivity contribution in [1.82, 2.24) is 4.57 Å². The molecule has 0 spiro atoms. The highest BCUT2D eigenvalue weighted by Crippen LogP contribution is 2.32. The summed E-state index contributed by atoms with van der Waals surface area (Å²) in [5.74, 6) is 0.596. The van der Waals surface area contributed by atoms with Crippen molar-refractivity contribution in [2.45, 2.75) is 13.5 Å². The number of ether oxygens (including phenoxy) is 1. The van der Waals surface area contributed by atoms with Gasteiger partial charge in [0.05, 0.1) is 12.2 Å².